The predicted molar refractivity (Wildman–Crippen MR) is 79.6 cm³/mol. The van der Waals surface area contributed by atoms with Crippen molar-refractivity contribution < 1.29 is 0 Å². The third-order valence-corrected chi connectivity index (χ3v) is 4.62. The molecule has 2 aromatic heterocycles. The topological polar surface area (TPSA) is 34.9 Å². The Kier molecular flexibility index (Phi) is 4.24. The summed E-state index contributed by atoms with van der Waals surface area (Å²) in [6.07, 6.45) is 1.74. The van der Waals surface area contributed by atoms with Crippen LogP contribution in [0, 0.1) is 5.92 Å². The molecule has 2 aromatic rings. The molecule has 0 atom stereocenters. The Balaban J connectivity index is 2.50. The number of aromatic nitrogens is 2. The van der Waals surface area contributed by atoms with E-state index in [1.807, 2.05) is 11.4 Å². The van der Waals surface area contributed by atoms with Crippen LogP contribution in [0.25, 0.3) is 10.2 Å². The van der Waals surface area contributed by atoms with Crippen LogP contribution in [0.5, 0.6) is 0 Å². The number of nitrogens with zero attached hydrogens (tertiary/aromatic N) is 2. The second-order valence-electron chi connectivity index (χ2n) is 4.44. The first kappa shape index (κ1) is 13.4. The quantitative estimate of drug-likeness (QED) is 0.478. The number of thioether (sulfide) groups is 1. The molecule has 0 fully saturated rings. The first-order valence-corrected chi connectivity index (χ1v) is 7.71. The van der Waals surface area contributed by atoms with Gasteiger partial charge in [0.25, 0.3) is 5.56 Å². The summed E-state index contributed by atoms with van der Waals surface area (Å²) in [5.41, 5.74) is 0.0346. The van der Waals surface area contributed by atoms with Gasteiger partial charge in [0.15, 0.2) is 5.16 Å². The van der Waals surface area contributed by atoms with Crippen molar-refractivity contribution in [3.05, 3.63) is 34.5 Å². The summed E-state index contributed by atoms with van der Waals surface area (Å²) < 4.78 is 1.70. The van der Waals surface area contributed by atoms with E-state index in [1.54, 1.807) is 22.4 Å². The Bertz CT molecular complexity index is 613. The van der Waals surface area contributed by atoms with Gasteiger partial charge in [0, 0.05) is 12.3 Å². The molecule has 0 aliphatic carbocycles. The van der Waals surface area contributed by atoms with E-state index in [0.29, 0.717) is 17.8 Å². The lowest BCUT2D eigenvalue weighted by Crippen LogP contribution is -2.22. The SMILES string of the molecule is C=CCn1c(SCC(C)C)nc2sccc2c1=O. The van der Waals surface area contributed by atoms with Crippen LogP contribution in [0.1, 0.15) is 13.8 Å². The van der Waals surface area contributed by atoms with Crippen LogP contribution >= 0.6 is 23.1 Å². The largest absolute Gasteiger partial charge is 0.283 e. The number of hydrogen-bond donors (Lipinski definition) is 0. The molecule has 0 aromatic carbocycles. The molecular weight excluding hydrogens is 264 g/mol. The van der Waals surface area contributed by atoms with Crippen LogP contribution in [-0.4, -0.2) is 15.3 Å². The molecule has 0 aliphatic rings. The van der Waals surface area contributed by atoms with Crippen molar-refractivity contribution in [2.45, 2.75) is 25.5 Å². The van der Waals surface area contributed by atoms with Gasteiger partial charge in [-0.1, -0.05) is 31.7 Å². The van der Waals surface area contributed by atoms with Gasteiger partial charge in [-0.3, -0.25) is 9.36 Å². The third kappa shape index (κ3) is 2.67. The van der Waals surface area contributed by atoms with Crippen LogP contribution in [-0.2, 0) is 6.54 Å². The molecule has 0 saturated heterocycles. The lowest BCUT2D eigenvalue weighted by Gasteiger charge is -2.10. The van der Waals surface area contributed by atoms with Crippen molar-refractivity contribution in [2.24, 2.45) is 5.92 Å². The smallest absolute Gasteiger partial charge is 0.263 e. The van der Waals surface area contributed by atoms with Crippen molar-refractivity contribution in [1.29, 1.82) is 0 Å². The Labute approximate surface area is 115 Å². The van der Waals surface area contributed by atoms with Gasteiger partial charge < -0.3 is 0 Å². The van der Waals surface area contributed by atoms with Crippen LogP contribution in [0.15, 0.2) is 34.1 Å². The summed E-state index contributed by atoms with van der Waals surface area (Å²) >= 11 is 3.15. The Hall–Kier alpha value is -1.07. The van der Waals surface area contributed by atoms with Gasteiger partial charge in [0.1, 0.15) is 4.83 Å². The molecule has 0 aliphatic heterocycles. The van der Waals surface area contributed by atoms with Gasteiger partial charge in [-0.05, 0) is 17.4 Å². The van der Waals surface area contributed by atoms with E-state index >= 15 is 0 Å². The summed E-state index contributed by atoms with van der Waals surface area (Å²) in [6, 6.07) is 1.84. The van der Waals surface area contributed by atoms with Gasteiger partial charge in [0.05, 0.1) is 5.39 Å². The highest BCUT2D eigenvalue weighted by atomic mass is 32.2. The van der Waals surface area contributed by atoms with Crippen molar-refractivity contribution in [3.8, 4) is 0 Å². The van der Waals surface area contributed by atoms with Crippen molar-refractivity contribution in [1.82, 2.24) is 9.55 Å². The second kappa shape index (κ2) is 5.71. The molecule has 18 heavy (non-hydrogen) atoms. The molecule has 5 heteroatoms. The van der Waals surface area contributed by atoms with Crippen LogP contribution in [0.3, 0.4) is 0 Å². The van der Waals surface area contributed by atoms with E-state index in [1.165, 1.54) is 11.3 Å². The van der Waals surface area contributed by atoms with Crippen LogP contribution in [0.4, 0.5) is 0 Å². The first-order valence-electron chi connectivity index (χ1n) is 5.85. The number of thiophene rings is 1. The third-order valence-electron chi connectivity index (χ3n) is 2.41. The molecular formula is C13H16N2OS2. The fourth-order valence-electron chi connectivity index (χ4n) is 1.57. The van der Waals surface area contributed by atoms with E-state index in [2.05, 4.69) is 25.4 Å². The maximum Gasteiger partial charge on any atom is 0.263 e. The second-order valence-corrected chi connectivity index (χ2v) is 6.32. The maximum absolute atomic E-state index is 12.3. The Morgan fingerprint density at radius 1 is 1.61 bits per heavy atom. The van der Waals surface area contributed by atoms with Gasteiger partial charge in [-0.2, -0.15) is 0 Å². The van der Waals surface area contributed by atoms with E-state index in [0.717, 1.165) is 15.7 Å². The normalized spacial score (nSPS) is 11.3. The minimum absolute atomic E-state index is 0.0346. The number of rotatable bonds is 5. The average Bonchev–Trinajstić information content (AvgIpc) is 2.79. The lowest BCUT2D eigenvalue weighted by molar-refractivity contribution is 0.668. The molecule has 0 radical (unpaired) electrons. The zero-order valence-corrected chi connectivity index (χ0v) is 12.2. The number of allylic oxidation sites excluding steroid dienone is 1. The molecule has 2 rings (SSSR count). The summed E-state index contributed by atoms with van der Waals surface area (Å²) in [6.45, 7) is 8.54. The highest BCUT2D eigenvalue weighted by Crippen LogP contribution is 2.22. The molecule has 0 bridgehead atoms. The monoisotopic (exact) mass is 280 g/mol. The summed E-state index contributed by atoms with van der Waals surface area (Å²) in [5.74, 6) is 1.53. The first-order chi connectivity index (χ1) is 8.63. The Morgan fingerprint density at radius 2 is 2.39 bits per heavy atom. The zero-order chi connectivity index (χ0) is 13.1. The summed E-state index contributed by atoms with van der Waals surface area (Å²) in [5, 5.41) is 3.41. The molecule has 0 N–H and O–H groups in total. The number of hydrogen-bond acceptors (Lipinski definition) is 4. The van der Waals surface area contributed by atoms with E-state index in [4.69, 9.17) is 0 Å². The summed E-state index contributed by atoms with van der Waals surface area (Å²) in [7, 11) is 0. The minimum atomic E-state index is 0.0346. The molecule has 2 heterocycles. The molecule has 0 spiro atoms. The van der Waals surface area contributed by atoms with Crippen molar-refractivity contribution in [2.75, 3.05) is 5.75 Å². The fraction of sp³-hybridized carbons (Fsp3) is 0.385. The van der Waals surface area contributed by atoms with Crippen LogP contribution in [0.2, 0.25) is 0 Å². The summed E-state index contributed by atoms with van der Waals surface area (Å²) in [4.78, 5) is 17.7. The van der Waals surface area contributed by atoms with Gasteiger partial charge in [-0.25, -0.2) is 4.98 Å². The van der Waals surface area contributed by atoms with Gasteiger partial charge in [-0.15, -0.1) is 17.9 Å². The lowest BCUT2D eigenvalue weighted by atomic mass is 10.3. The number of fused-ring (bicyclic) bond motifs is 1. The zero-order valence-electron chi connectivity index (χ0n) is 10.5. The van der Waals surface area contributed by atoms with Crippen molar-refractivity contribution >= 4 is 33.3 Å². The maximum atomic E-state index is 12.3. The minimum Gasteiger partial charge on any atom is -0.283 e. The van der Waals surface area contributed by atoms with Crippen LogP contribution < -0.4 is 5.56 Å². The average molecular weight is 280 g/mol. The van der Waals surface area contributed by atoms with E-state index in [-0.39, 0.29) is 5.56 Å². The molecule has 96 valence electrons. The standard InChI is InChI=1S/C13H16N2OS2/c1-4-6-15-12(16)10-5-7-17-11(10)14-13(15)18-8-9(2)3/h4-5,7,9H,1,6,8H2,2-3H3. The van der Waals surface area contributed by atoms with Crippen molar-refractivity contribution in [3.63, 3.8) is 0 Å². The highest BCUT2D eigenvalue weighted by Gasteiger charge is 2.11. The molecule has 3 nitrogen and oxygen atoms in total. The molecule has 0 unspecified atom stereocenters. The predicted octanol–water partition coefficient (Wildman–Crippen LogP) is 3.39. The van der Waals surface area contributed by atoms with E-state index in [9.17, 15) is 4.79 Å². The Morgan fingerprint density at radius 3 is 3.06 bits per heavy atom. The van der Waals surface area contributed by atoms with Gasteiger partial charge in [0.2, 0.25) is 0 Å². The highest BCUT2D eigenvalue weighted by molar-refractivity contribution is 7.99. The molecule has 0 saturated carbocycles. The van der Waals surface area contributed by atoms with E-state index < -0.39 is 0 Å². The fourth-order valence-corrected chi connectivity index (χ4v) is 3.34. The molecule has 0 amide bonds. The van der Waals surface area contributed by atoms with Gasteiger partial charge >= 0.3 is 0 Å².